The van der Waals surface area contributed by atoms with Gasteiger partial charge in [-0.15, -0.1) is 0 Å². The molecule has 0 saturated carbocycles. The average Bonchev–Trinajstić information content (AvgIpc) is 2.21. The largest absolute Gasteiger partial charge is 0.381 e. The lowest BCUT2D eigenvalue weighted by Crippen LogP contribution is -2.09. The van der Waals surface area contributed by atoms with Crippen LogP contribution in [-0.4, -0.2) is 22.4 Å². The summed E-state index contributed by atoms with van der Waals surface area (Å²) in [6, 6.07) is 0. The Morgan fingerprint density at radius 1 is 1.12 bits per heavy atom. The van der Waals surface area contributed by atoms with Crippen molar-refractivity contribution in [1.29, 1.82) is 0 Å². The molecule has 2 nitrogen and oxygen atoms in total. The van der Waals surface area contributed by atoms with E-state index in [-0.39, 0.29) is 0 Å². The monoisotopic (exact) mass is 224 g/mol. The maximum atomic E-state index is 9.56. The first-order chi connectivity index (χ1) is 7.56. The summed E-state index contributed by atoms with van der Waals surface area (Å²) in [5, 5.41) is 18.5. The number of aliphatic hydroxyl groups is 2. The number of hydrogen-bond donors (Lipinski definition) is 2. The second-order valence-corrected chi connectivity index (χ2v) is 4.32. The molecule has 16 heavy (non-hydrogen) atoms. The summed E-state index contributed by atoms with van der Waals surface area (Å²) in [6.07, 6.45) is 7.01. The molecule has 3 atom stereocenters. The molecule has 2 heteroatoms. The van der Waals surface area contributed by atoms with Crippen LogP contribution in [0.2, 0.25) is 0 Å². The molecule has 0 fully saturated rings. The molecule has 2 N–H and O–H groups in total. The van der Waals surface area contributed by atoms with Gasteiger partial charge in [0.05, 0.1) is 0 Å². The number of allylic oxidation sites excluding steroid dienone is 2. The Bertz CT molecular complexity index is 245. The van der Waals surface area contributed by atoms with E-state index >= 15 is 0 Å². The minimum Gasteiger partial charge on any atom is -0.381 e. The van der Waals surface area contributed by atoms with E-state index in [4.69, 9.17) is 5.11 Å². The van der Waals surface area contributed by atoms with Crippen LogP contribution in [-0.2, 0) is 0 Å². The molecule has 0 aromatic carbocycles. The second kappa shape index (κ2) is 9.45. The minimum absolute atomic E-state index is 0.423. The Hall–Kier alpha value is -0.780. The van der Waals surface area contributed by atoms with Gasteiger partial charge in [-0.2, -0.15) is 0 Å². The van der Waals surface area contributed by atoms with Crippen molar-refractivity contribution in [2.45, 2.75) is 58.7 Å². The fourth-order valence-corrected chi connectivity index (χ4v) is 1.37. The molecule has 0 heterocycles. The minimum atomic E-state index is -0.658. The van der Waals surface area contributed by atoms with Gasteiger partial charge in [0.2, 0.25) is 0 Å². The number of rotatable bonds is 6. The summed E-state index contributed by atoms with van der Waals surface area (Å²) < 4.78 is 0. The van der Waals surface area contributed by atoms with Crippen molar-refractivity contribution in [1.82, 2.24) is 0 Å². The standard InChI is InChI=1S/C14H24O2/c1-4-5-6-7-8-12(2)11-14(16)10-9-13(3)15/h6-7,12-16H,4-5,8,11H2,1-3H3. The Labute approximate surface area is 99.4 Å². The van der Waals surface area contributed by atoms with Gasteiger partial charge >= 0.3 is 0 Å². The maximum absolute atomic E-state index is 9.56. The van der Waals surface area contributed by atoms with Crippen LogP contribution < -0.4 is 0 Å². The molecule has 0 bridgehead atoms. The third-order valence-corrected chi connectivity index (χ3v) is 2.24. The van der Waals surface area contributed by atoms with Crippen LogP contribution >= 0.6 is 0 Å². The molecule has 0 saturated heterocycles. The van der Waals surface area contributed by atoms with Gasteiger partial charge in [0.1, 0.15) is 12.2 Å². The lowest BCUT2D eigenvalue weighted by atomic mass is 9.99. The van der Waals surface area contributed by atoms with Crippen molar-refractivity contribution in [2.24, 2.45) is 5.92 Å². The highest BCUT2D eigenvalue weighted by Crippen LogP contribution is 2.11. The molecule has 0 aromatic rings. The third-order valence-electron chi connectivity index (χ3n) is 2.24. The van der Waals surface area contributed by atoms with Crippen LogP contribution in [0.5, 0.6) is 0 Å². The Morgan fingerprint density at radius 3 is 2.38 bits per heavy atom. The molecule has 0 spiro atoms. The Kier molecular flexibility index (Phi) is 8.99. The van der Waals surface area contributed by atoms with Crippen LogP contribution in [0.25, 0.3) is 0 Å². The maximum Gasteiger partial charge on any atom is 0.115 e. The first-order valence-electron chi connectivity index (χ1n) is 6.08. The summed E-state index contributed by atoms with van der Waals surface area (Å²) in [7, 11) is 0. The number of aliphatic hydroxyl groups excluding tert-OH is 2. The van der Waals surface area contributed by atoms with Crippen LogP contribution in [0.1, 0.15) is 46.5 Å². The molecule has 0 radical (unpaired) electrons. The summed E-state index contributed by atoms with van der Waals surface area (Å²) in [5.41, 5.74) is 0. The van der Waals surface area contributed by atoms with E-state index in [2.05, 4.69) is 37.8 Å². The zero-order chi connectivity index (χ0) is 12.4. The fourth-order valence-electron chi connectivity index (χ4n) is 1.37. The van der Waals surface area contributed by atoms with E-state index in [1.165, 1.54) is 6.42 Å². The third kappa shape index (κ3) is 9.76. The molecule has 3 unspecified atom stereocenters. The van der Waals surface area contributed by atoms with Crippen molar-refractivity contribution in [2.75, 3.05) is 0 Å². The average molecular weight is 224 g/mol. The topological polar surface area (TPSA) is 40.5 Å². The van der Waals surface area contributed by atoms with Gasteiger partial charge in [-0.05, 0) is 32.1 Å². The van der Waals surface area contributed by atoms with E-state index < -0.39 is 12.2 Å². The molecule has 0 rings (SSSR count). The van der Waals surface area contributed by atoms with Crippen molar-refractivity contribution < 1.29 is 10.2 Å². The molecular weight excluding hydrogens is 200 g/mol. The molecule has 92 valence electrons. The normalized spacial score (nSPS) is 16.6. The lowest BCUT2D eigenvalue weighted by Gasteiger charge is -2.10. The van der Waals surface area contributed by atoms with Crippen LogP contribution in [0.4, 0.5) is 0 Å². The van der Waals surface area contributed by atoms with Gasteiger partial charge < -0.3 is 10.2 Å². The van der Waals surface area contributed by atoms with E-state index in [1.54, 1.807) is 6.92 Å². The zero-order valence-electron chi connectivity index (χ0n) is 10.6. The Balaban J connectivity index is 3.79. The number of unbranched alkanes of at least 4 members (excludes halogenated alkanes) is 1. The van der Waals surface area contributed by atoms with E-state index in [1.807, 2.05) is 0 Å². The molecule has 0 aliphatic carbocycles. The van der Waals surface area contributed by atoms with Crippen molar-refractivity contribution >= 4 is 0 Å². The summed E-state index contributed by atoms with van der Waals surface area (Å²) in [5.74, 6) is 5.63. The van der Waals surface area contributed by atoms with Crippen molar-refractivity contribution in [3.63, 3.8) is 0 Å². The summed E-state index contributed by atoms with van der Waals surface area (Å²) in [6.45, 7) is 5.85. The van der Waals surface area contributed by atoms with E-state index in [0.717, 1.165) is 12.8 Å². The van der Waals surface area contributed by atoms with E-state index in [0.29, 0.717) is 12.3 Å². The summed E-state index contributed by atoms with van der Waals surface area (Å²) in [4.78, 5) is 0. The fraction of sp³-hybridized carbons (Fsp3) is 0.714. The lowest BCUT2D eigenvalue weighted by molar-refractivity contribution is 0.198. The van der Waals surface area contributed by atoms with Gasteiger partial charge in [0.15, 0.2) is 0 Å². The van der Waals surface area contributed by atoms with Crippen LogP contribution in [0, 0.1) is 17.8 Å². The Morgan fingerprint density at radius 2 is 1.81 bits per heavy atom. The van der Waals surface area contributed by atoms with Gasteiger partial charge in [0, 0.05) is 0 Å². The highest BCUT2D eigenvalue weighted by Gasteiger charge is 2.06. The van der Waals surface area contributed by atoms with Gasteiger partial charge in [0.25, 0.3) is 0 Å². The predicted octanol–water partition coefficient (Wildman–Crippen LogP) is 2.50. The van der Waals surface area contributed by atoms with Gasteiger partial charge in [-0.1, -0.05) is 44.3 Å². The predicted molar refractivity (Wildman–Crippen MR) is 67.9 cm³/mol. The number of hydrogen-bond acceptors (Lipinski definition) is 2. The first kappa shape index (κ1) is 15.2. The van der Waals surface area contributed by atoms with Crippen molar-refractivity contribution in [3.8, 4) is 11.8 Å². The molecule has 0 aliphatic heterocycles. The smallest absolute Gasteiger partial charge is 0.115 e. The second-order valence-electron chi connectivity index (χ2n) is 4.32. The van der Waals surface area contributed by atoms with Crippen LogP contribution in [0.3, 0.4) is 0 Å². The molecule has 0 amide bonds. The van der Waals surface area contributed by atoms with Gasteiger partial charge in [-0.3, -0.25) is 0 Å². The quantitative estimate of drug-likeness (QED) is 0.537. The highest BCUT2D eigenvalue weighted by atomic mass is 16.3. The highest BCUT2D eigenvalue weighted by molar-refractivity contribution is 5.08. The van der Waals surface area contributed by atoms with Crippen LogP contribution in [0.15, 0.2) is 12.2 Å². The molecule has 0 aromatic heterocycles. The van der Waals surface area contributed by atoms with Gasteiger partial charge in [-0.25, -0.2) is 0 Å². The molecular formula is C14H24O2. The van der Waals surface area contributed by atoms with E-state index in [9.17, 15) is 5.11 Å². The zero-order valence-corrected chi connectivity index (χ0v) is 10.6. The first-order valence-corrected chi connectivity index (χ1v) is 6.08. The SMILES string of the molecule is CCCC=CCC(C)CC(O)C#CC(C)O. The molecule has 0 aliphatic rings. The summed E-state index contributed by atoms with van der Waals surface area (Å²) >= 11 is 0. The van der Waals surface area contributed by atoms with Crippen molar-refractivity contribution in [3.05, 3.63) is 12.2 Å².